The minimum atomic E-state index is -1.46. The van der Waals surface area contributed by atoms with Crippen LogP contribution in [0.2, 0.25) is 0 Å². The molecule has 1 heterocycles. The van der Waals surface area contributed by atoms with E-state index >= 15 is 0 Å². The highest BCUT2D eigenvalue weighted by Crippen LogP contribution is 2.32. The summed E-state index contributed by atoms with van der Waals surface area (Å²) in [6.45, 7) is 2.72. The van der Waals surface area contributed by atoms with Crippen LogP contribution >= 0.6 is 0 Å². The van der Waals surface area contributed by atoms with Gasteiger partial charge in [-0.1, -0.05) is 30.3 Å². The molecule has 106 valence electrons. The second-order valence-electron chi connectivity index (χ2n) is 4.37. The van der Waals surface area contributed by atoms with E-state index in [2.05, 4.69) is 5.10 Å². The minimum absolute atomic E-state index is 0.0987. The first-order valence-corrected chi connectivity index (χ1v) is 7.56. The fraction of sp³-hybridized carbons (Fsp3) is 0.308. The molecule has 0 N–H and O–H groups in total. The van der Waals surface area contributed by atoms with E-state index in [0.717, 1.165) is 5.56 Å². The van der Waals surface area contributed by atoms with Gasteiger partial charge in [0.15, 0.2) is 6.17 Å². The third-order valence-electron chi connectivity index (χ3n) is 2.89. The topological polar surface area (TPSA) is 70.1 Å². The lowest BCUT2D eigenvalue weighted by atomic mass is 10.1. The van der Waals surface area contributed by atoms with Crippen molar-refractivity contribution in [3.8, 4) is 0 Å². The van der Waals surface area contributed by atoms with E-state index in [1.54, 1.807) is 12.1 Å². The average Bonchev–Trinajstić information content (AvgIpc) is 2.80. The maximum absolute atomic E-state index is 11.9. The molecule has 0 radical (unpaired) electrons. The maximum Gasteiger partial charge on any atom is 0.241 e. The van der Waals surface area contributed by atoms with Crippen LogP contribution in [-0.2, 0) is 20.4 Å². The van der Waals surface area contributed by atoms with Crippen LogP contribution in [-0.4, -0.2) is 37.4 Å². The van der Waals surface area contributed by atoms with Gasteiger partial charge in [-0.3, -0.25) is 18.7 Å². The Morgan fingerprint density at radius 2 is 1.75 bits per heavy atom. The molecule has 0 saturated heterocycles. The molecule has 1 unspecified atom stereocenters. The van der Waals surface area contributed by atoms with E-state index in [0.29, 0.717) is 0 Å². The fourth-order valence-electron chi connectivity index (χ4n) is 2.07. The number of carbonyl (C=O) groups excluding carboxylic acids is 2. The summed E-state index contributed by atoms with van der Waals surface area (Å²) in [4.78, 5) is 24.9. The zero-order chi connectivity index (χ0) is 14.9. The summed E-state index contributed by atoms with van der Waals surface area (Å²) in [6.07, 6.45) is 0.755. The highest BCUT2D eigenvalue weighted by Gasteiger charge is 2.41. The van der Waals surface area contributed by atoms with Crippen molar-refractivity contribution in [3.05, 3.63) is 35.9 Å². The quantitative estimate of drug-likeness (QED) is 0.777. The van der Waals surface area contributed by atoms with Gasteiger partial charge in [0.05, 0.1) is 10.8 Å². The summed E-state index contributed by atoms with van der Waals surface area (Å²) in [5, 5.41) is 5.34. The highest BCUT2D eigenvalue weighted by atomic mass is 32.2. The standard InChI is InChI=1S/C13H15N3O3S/c1-9(17)15-12(11-7-5-4-6-8-11)16(10(2)18)14-13(15)20(3)19/h4-8,12H,1-3H3/t12-,20?/m1/s1. The van der Waals surface area contributed by atoms with E-state index < -0.39 is 17.0 Å². The van der Waals surface area contributed by atoms with Gasteiger partial charge in [0.1, 0.15) is 0 Å². The van der Waals surface area contributed by atoms with E-state index in [4.69, 9.17) is 0 Å². The monoisotopic (exact) mass is 293 g/mol. The largest absolute Gasteiger partial charge is 0.275 e. The Balaban J connectivity index is 2.54. The van der Waals surface area contributed by atoms with Crippen molar-refractivity contribution in [1.29, 1.82) is 0 Å². The van der Waals surface area contributed by atoms with Gasteiger partial charge in [-0.15, -0.1) is 5.10 Å². The second kappa shape index (κ2) is 5.54. The number of rotatable bonds is 1. The van der Waals surface area contributed by atoms with Gasteiger partial charge in [-0.05, 0) is 5.56 Å². The molecule has 1 aromatic carbocycles. The van der Waals surface area contributed by atoms with Gasteiger partial charge in [0, 0.05) is 20.1 Å². The molecule has 6 nitrogen and oxygen atoms in total. The smallest absolute Gasteiger partial charge is 0.241 e. The molecule has 0 aromatic heterocycles. The van der Waals surface area contributed by atoms with Crippen molar-refractivity contribution in [2.24, 2.45) is 5.10 Å². The van der Waals surface area contributed by atoms with Crippen LogP contribution in [0.5, 0.6) is 0 Å². The number of nitrogens with zero attached hydrogens (tertiary/aromatic N) is 3. The molecule has 1 aromatic rings. The van der Waals surface area contributed by atoms with Crippen LogP contribution in [0.25, 0.3) is 0 Å². The molecule has 7 heteroatoms. The van der Waals surface area contributed by atoms with Crippen LogP contribution in [0, 0.1) is 0 Å². The van der Waals surface area contributed by atoms with Crippen LogP contribution in [0.15, 0.2) is 35.4 Å². The molecule has 1 aliphatic heterocycles. The third kappa shape index (κ3) is 2.49. The summed E-state index contributed by atoms with van der Waals surface area (Å²) in [6, 6.07) is 9.06. The van der Waals surface area contributed by atoms with Gasteiger partial charge < -0.3 is 0 Å². The fourth-order valence-corrected chi connectivity index (χ4v) is 2.78. The minimum Gasteiger partial charge on any atom is -0.275 e. The molecule has 2 amide bonds. The van der Waals surface area contributed by atoms with Gasteiger partial charge in [-0.25, -0.2) is 5.01 Å². The first-order chi connectivity index (χ1) is 9.43. The molecule has 0 fully saturated rings. The third-order valence-corrected chi connectivity index (χ3v) is 3.68. The van der Waals surface area contributed by atoms with Crippen LogP contribution < -0.4 is 0 Å². The lowest BCUT2D eigenvalue weighted by Crippen LogP contribution is -2.40. The second-order valence-corrected chi connectivity index (χ2v) is 5.65. The van der Waals surface area contributed by atoms with Crippen LogP contribution in [0.3, 0.4) is 0 Å². The predicted octanol–water partition coefficient (Wildman–Crippen LogP) is 1.05. The first-order valence-electron chi connectivity index (χ1n) is 6.00. The van der Waals surface area contributed by atoms with Gasteiger partial charge in [0.25, 0.3) is 0 Å². The molecule has 2 atom stereocenters. The summed E-state index contributed by atoms with van der Waals surface area (Å²) in [5.41, 5.74) is 0.738. The van der Waals surface area contributed by atoms with E-state index in [9.17, 15) is 13.8 Å². The Kier molecular flexibility index (Phi) is 3.99. The van der Waals surface area contributed by atoms with Crippen molar-refractivity contribution in [3.63, 3.8) is 0 Å². The molecule has 0 spiro atoms. The molecule has 1 aliphatic rings. The van der Waals surface area contributed by atoms with E-state index in [1.807, 2.05) is 18.2 Å². The van der Waals surface area contributed by atoms with Gasteiger partial charge in [-0.2, -0.15) is 0 Å². The molecule has 0 saturated carbocycles. The maximum atomic E-state index is 11.9. The van der Waals surface area contributed by atoms with Crippen LogP contribution in [0.1, 0.15) is 25.6 Å². The Hall–Kier alpha value is -2.02. The zero-order valence-corrected chi connectivity index (χ0v) is 12.3. The summed E-state index contributed by atoms with van der Waals surface area (Å²) in [5.74, 6) is -0.623. The van der Waals surface area contributed by atoms with Crippen molar-refractivity contribution in [2.75, 3.05) is 6.26 Å². The van der Waals surface area contributed by atoms with E-state index in [1.165, 1.54) is 30.0 Å². The normalized spacial score (nSPS) is 19.8. The number of amides is 2. The van der Waals surface area contributed by atoms with Gasteiger partial charge in [0.2, 0.25) is 17.0 Å². The zero-order valence-electron chi connectivity index (χ0n) is 11.4. The summed E-state index contributed by atoms with van der Waals surface area (Å²) in [7, 11) is -1.46. The Labute approximate surface area is 119 Å². The molecule has 2 rings (SSSR count). The molecule has 0 aliphatic carbocycles. The predicted molar refractivity (Wildman–Crippen MR) is 75.7 cm³/mol. The number of carbonyl (C=O) groups is 2. The van der Waals surface area contributed by atoms with E-state index in [-0.39, 0.29) is 17.0 Å². The van der Waals surface area contributed by atoms with Crippen molar-refractivity contribution < 1.29 is 13.8 Å². The van der Waals surface area contributed by atoms with Gasteiger partial charge >= 0.3 is 0 Å². The lowest BCUT2D eigenvalue weighted by Gasteiger charge is -2.27. The number of benzene rings is 1. The Morgan fingerprint density at radius 3 is 2.20 bits per heavy atom. The number of hydrazone groups is 1. The molecule has 20 heavy (non-hydrogen) atoms. The van der Waals surface area contributed by atoms with Crippen molar-refractivity contribution in [1.82, 2.24) is 9.91 Å². The van der Waals surface area contributed by atoms with Crippen molar-refractivity contribution >= 4 is 27.8 Å². The highest BCUT2D eigenvalue weighted by molar-refractivity contribution is 7.99. The Bertz CT molecular complexity index is 600. The molecular weight excluding hydrogens is 278 g/mol. The number of hydrogen-bond donors (Lipinski definition) is 0. The Morgan fingerprint density at radius 1 is 1.15 bits per heavy atom. The lowest BCUT2D eigenvalue weighted by molar-refractivity contribution is -0.136. The number of hydrogen-bond acceptors (Lipinski definition) is 4. The number of amidine groups is 1. The first kappa shape index (κ1) is 14.4. The average molecular weight is 293 g/mol. The van der Waals surface area contributed by atoms with Crippen LogP contribution in [0.4, 0.5) is 0 Å². The molecule has 0 bridgehead atoms. The SMILES string of the molecule is CC(=O)N1N=C(S(C)=O)N(C(C)=O)[C@H]1c1ccccc1. The van der Waals surface area contributed by atoms with Crippen molar-refractivity contribution in [2.45, 2.75) is 20.0 Å². The summed E-state index contributed by atoms with van der Waals surface area (Å²) >= 11 is 0. The summed E-state index contributed by atoms with van der Waals surface area (Å²) < 4.78 is 11.8. The molecular formula is C13H15N3O3S.